The van der Waals surface area contributed by atoms with Gasteiger partial charge in [-0.05, 0) is 23.1 Å². The van der Waals surface area contributed by atoms with Gasteiger partial charge in [0.05, 0.1) is 0 Å². The minimum absolute atomic E-state index is 0.0350. The van der Waals surface area contributed by atoms with Crippen molar-refractivity contribution in [3.63, 3.8) is 0 Å². The number of hydrogen-bond acceptors (Lipinski definition) is 4. The summed E-state index contributed by atoms with van der Waals surface area (Å²) in [6.45, 7) is 0.152. The van der Waals surface area contributed by atoms with Gasteiger partial charge in [-0.1, -0.05) is 96.2 Å². The summed E-state index contributed by atoms with van der Waals surface area (Å²) in [6.07, 6.45) is 0.951. The van der Waals surface area contributed by atoms with Crippen LogP contribution in [0.3, 0.4) is 0 Å². The third kappa shape index (κ3) is 5.30. The smallest absolute Gasteiger partial charge is 0.356 e. The molecular formula is C24H23NO3. The summed E-state index contributed by atoms with van der Waals surface area (Å²) >= 11 is 0. The van der Waals surface area contributed by atoms with Crippen LogP contribution in [0.5, 0.6) is 0 Å². The zero-order valence-corrected chi connectivity index (χ0v) is 15.6. The minimum atomic E-state index is -0.591. The molecule has 0 saturated carbocycles. The molecule has 0 heterocycles. The van der Waals surface area contributed by atoms with Crippen molar-refractivity contribution < 1.29 is 14.7 Å². The van der Waals surface area contributed by atoms with Gasteiger partial charge in [-0.25, -0.2) is 4.79 Å². The van der Waals surface area contributed by atoms with Crippen LogP contribution >= 0.6 is 0 Å². The van der Waals surface area contributed by atoms with E-state index in [2.05, 4.69) is 29.4 Å². The van der Waals surface area contributed by atoms with E-state index >= 15 is 0 Å². The lowest BCUT2D eigenvalue weighted by molar-refractivity contribution is -0.137. The van der Waals surface area contributed by atoms with Crippen LogP contribution in [0.15, 0.2) is 96.2 Å². The topological polar surface area (TPSA) is 58.9 Å². The van der Waals surface area contributed by atoms with Crippen molar-refractivity contribution in [2.45, 2.75) is 25.4 Å². The van der Waals surface area contributed by atoms with Crippen LogP contribution in [0.4, 0.5) is 0 Å². The van der Waals surface area contributed by atoms with E-state index < -0.39 is 5.97 Å². The molecule has 3 aromatic rings. The summed E-state index contributed by atoms with van der Waals surface area (Å²) in [4.78, 5) is 12.3. The second kappa shape index (κ2) is 10.1. The number of carbonyl (C=O) groups is 1. The van der Waals surface area contributed by atoms with E-state index in [1.807, 2.05) is 66.7 Å². The molecule has 0 spiro atoms. The van der Waals surface area contributed by atoms with E-state index in [0.29, 0.717) is 12.8 Å². The Bertz CT molecular complexity index is 853. The molecule has 0 aliphatic rings. The first-order valence-electron chi connectivity index (χ1n) is 9.30. The van der Waals surface area contributed by atoms with Crippen LogP contribution in [0.1, 0.15) is 35.4 Å². The van der Waals surface area contributed by atoms with Gasteiger partial charge in [-0.3, -0.25) is 0 Å². The zero-order chi connectivity index (χ0) is 19.6. The van der Waals surface area contributed by atoms with Gasteiger partial charge in [-0.2, -0.15) is 0 Å². The highest BCUT2D eigenvalue weighted by atomic mass is 16.5. The van der Waals surface area contributed by atoms with Gasteiger partial charge in [0.1, 0.15) is 6.61 Å². The van der Waals surface area contributed by atoms with Crippen molar-refractivity contribution >= 4 is 11.7 Å². The van der Waals surface area contributed by atoms with E-state index in [1.54, 1.807) is 0 Å². The summed E-state index contributed by atoms with van der Waals surface area (Å²) in [5.74, 6) is -0.493. The summed E-state index contributed by atoms with van der Waals surface area (Å²) in [5, 5.41) is 12.5. The summed E-state index contributed by atoms with van der Waals surface area (Å²) < 4.78 is 5.30. The highest BCUT2D eigenvalue weighted by Crippen LogP contribution is 2.29. The minimum Gasteiger partial charge on any atom is -0.456 e. The predicted octanol–water partition coefficient (Wildman–Crippen LogP) is 5.17. The quantitative estimate of drug-likeness (QED) is 0.256. The molecule has 0 aliphatic heterocycles. The molecule has 0 aliphatic carbocycles. The monoisotopic (exact) mass is 373 g/mol. The van der Waals surface area contributed by atoms with Gasteiger partial charge in [-0.15, -0.1) is 0 Å². The molecule has 0 atom stereocenters. The molecule has 142 valence electrons. The lowest BCUT2D eigenvalue weighted by atomic mass is 9.87. The molecule has 28 heavy (non-hydrogen) atoms. The molecule has 0 bridgehead atoms. The van der Waals surface area contributed by atoms with Crippen molar-refractivity contribution in [1.82, 2.24) is 0 Å². The van der Waals surface area contributed by atoms with Crippen molar-refractivity contribution in [2.75, 3.05) is 0 Å². The first-order valence-corrected chi connectivity index (χ1v) is 9.30. The fourth-order valence-corrected chi connectivity index (χ4v) is 3.18. The Morgan fingerprint density at radius 3 is 1.82 bits per heavy atom. The first-order chi connectivity index (χ1) is 13.8. The third-order valence-corrected chi connectivity index (χ3v) is 4.64. The molecule has 3 aromatic carbocycles. The lowest BCUT2D eigenvalue weighted by Gasteiger charge is -2.18. The molecule has 0 saturated heterocycles. The zero-order valence-electron chi connectivity index (χ0n) is 15.6. The summed E-state index contributed by atoms with van der Waals surface area (Å²) in [7, 11) is 0. The molecule has 1 N–H and O–H groups in total. The Hall–Kier alpha value is -3.40. The van der Waals surface area contributed by atoms with Gasteiger partial charge in [0.25, 0.3) is 0 Å². The maximum atomic E-state index is 12.3. The lowest BCUT2D eigenvalue weighted by Crippen LogP contribution is -2.19. The Morgan fingerprint density at radius 2 is 1.32 bits per heavy atom. The van der Waals surface area contributed by atoms with Gasteiger partial charge < -0.3 is 9.94 Å². The average molecular weight is 373 g/mol. The number of ether oxygens (including phenoxy) is 1. The summed E-state index contributed by atoms with van der Waals surface area (Å²) in [6, 6.07) is 29.7. The molecule has 0 amide bonds. The van der Waals surface area contributed by atoms with Gasteiger partial charge in [0, 0.05) is 12.3 Å². The van der Waals surface area contributed by atoms with Crippen molar-refractivity contribution in [2.24, 2.45) is 5.16 Å². The third-order valence-electron chi connectivity index (χ3n) is 4.64. The second-order valence-electron chi connectivity index (χ2n) is 6.52. The highest BCUT2D eigenvalue weighted by Gasteiger charge is 2.19. The van der Waals surface area contributed by atoms with Gasteiger partial charge >= 0.3 is 5.97 Å². The van der Waals surface area contributed by atoms with Crippen LogP contribution in [-0.2, 0) is 16.1 Å². The largest absolute Gasteiger partial charge is 0.456 e. The van der Waals surface area contributed by atoms with E-state index in [9.17, 15) is 10.0 Å². The van der Waals surface area contributed by atoms with Crippen LogP contribution in [0.25, 0.3) is 0 Å². The number of nitrogens with zero attached hydrogens (tertiary/aromatic N) is 1. The van der Waals surface area contributed by atoms with E-state index in [4.69, 9.17) is 4.74 Å². The average Bonchev–Trinajstić information content (AvgIpc) is 2.77. The Morgan fingerprint density at radius 1 is 0.821 bits per heavy atom. The molecule has 4 heteroatoms. The van der Waals surface area contributed by atoms with Crippen LogP contribution < -0.4 is 0 Å². The van der Waals surface area contributed by atoms with Gasteiger partial charge in [0.2, 0.25) is 0 Å². The standard InChI is InChI=1S/C24H23NO3/c26-24(28-18-19-10-4-1-5-11-19)23(25-27)17-16-22(20-12-6-2-7-13-20)21-14-8-3-9-15-21/h1-15,22,27H,16-18H2. The van der Waals surface area contributed by atoms with Crippen molar-refractivity contribution in [3.8, 4) is 0 Å². The SMILES string of the molecule is O=C(OCc1ccccc1)C(CCC(c1ccccc1)c1ccccc1)=NO. The Kier molecular flexibility index (Phi) is 6.96. The summed E-state index contributed by atoms with van der Waals surface area (Å²) in [5.41, 5.74) is 3.24. The van der Waals surface area contributed by atoms with Gasteiger partial charge in [0.15, 0.2) is 5.71 Å². The molecular weight excluding hydrogens is 350 g/mol. The number of oxime groups is 1. The molecule has 0 unspecified atom stereocenters. The van der Waals surface area contributed by atoms with E-state index in [0.717, 1.165) is 16.7 Å². The first kappa shape index (κ1) is 19.4. The fraction of sp³-hybridized carbons (Fsp3) is 0.167. The van der Waals surface area contributed by atoms with Crippen molar-refractivity contribution in [3.05, 3.63) is 108 Å². The van der Waals surface area contributed by atoms with Crippen LogP contribution in [-0.4, -0.2) is 16.9 Å². The second-order valence-corrected chi connectivity index (χ2v) is 6.52. The Balaban J connectivity index is 1.66. The number of esters is 1. The number of hydrogen-bond donors (Lipinski definition) is 1. The normalized spacial score (nSPS) is 11.4. The van der Waals surface area contributed by atoms with E-state index in [1.165, 1.54) is 0 Å². The molecule has 0 aromatic heterocycles. The molecule has 0 radical (unpaired) electrons. The molecule has 4 nitrogen and oxygen atoms in total. The van der Waals surface area contributed by atoms with Crippen LogP contribution in [0, 0.1) is 0 Å². The highest BCUT2D eigenvalue weighted by molar-refractivity contribution is 6.36. The predicted molar refractivity (Wildman–Crippen MR) is 109 cm³/mol. The molecule has 3 rings (SSSR count). The van der Waals surface area contributed by atoms with E-state index in [-0.39, 0.29) is 18.2 Å². The Labute approximate surface area is 165 Å². The maximum absolute atomic E-state index is 12.3. The van der Waals surface area contributed by atoms with Crippen LogP contribution in [0.2, 0.25) is 0 Å². The molecule has 0 fully saturated rings. The number of carbonyl (C=O) groups excluding carboxylic acids is 1. The van der Waals surface area contributed by atoms with Crippen molar-refractivity contribution in [1.29, 1.82) is 0 Å². The fourth-order valence-electron chi connectivity index (χ4n) is 3.18. The number of rotatable bonds is 8. The maximum Gasteiger partial charge on any atom is 0.356 e. The number of benzene rings is 3.